The Labute approximate surface area is 103 Å². The molecule has 94 valence electrons. The first-order valence-electron chi connectivity index (χ1n) is 5.80. The Morgan fingerprint density at radius 1 is 1.29 bits per heavy atom. The maximum Gasteiger partial charge on any atom is 0.199 e. The van der Waals surface area contributed by atoms with Gasteiger partial charge in [0.05, 0.1) is 4.90 Å². The first-order chi connectivity index (χ1) is 8.06. The molecule has 0 spiro atoms. The van der Waals surface area contributed by atoms with Crippen LogP contribution >= 0.6 is 0 Å². The molecule has 0 radical (unpaired) electrons. The van der Waals surface area contributed by atoms with Gasteiger partial charge in [-0.15, -0.1) is 0 Å². The van der Waals surface area contributed by atoms with Crippen LogP contribution in [0.25, 0.3) is 0 Å². The second kappa shape index (κ2) is 6.57. The Bertz CT molecular complexity index is 452. The molecule has 0 aliphatic heterocycles. The predicted molar refractivity (Wildman–Crippen MR) is 70.3 cm³/mol. The van der Waals surface area contributed by atoms with Crippen molar-refractivity contribution in [3.05, 3.63) is 41.8 Å². The Balaban J connectivity index is 2.71. The van der Waals surface area contributed by atoms with Crippen molar-refractivity contribution >= 4 is 9.84 Å². The molecule has 1 unspecified atom stereocenters. The minimum Gasteiger partial charge on any atom is -0.324 e. The van der Waals surface area contributed by atoms with E-state index in [4.69, 9.17) is 5.73 Å². The molecule has 0 fully saturated rings. The number of unbranched alkanes of at least 4 members (excludes halogenated alkanes) is 1. The summed E-state index contributed by atoms with van der Waals surface area (Å²) < 4.78 is 23.7. The van der Waals surface area contributed by atoms with E-state index in [1.807, 2.05) is 0 Å². The molecule has 0 saturated heterocycles. The van der Waals surface area contributed by atoms with Crippen LogP contribution in [0.1, 0.15) is 26.2 Å². The van der Waals surface area contributed by atoms with E-state index in [1.54, 1.807) is 36.4 Å². The Kier molecular flexibility index (Phi) is 5.38. The van der Waals surface area contributed by atoms with E-state index in [0.717, 1.165) is 19.3 Å². The number of benzene rings is 1. The van der Waals surface area contributed by atoms with Crippen LogP contribution in [0, 0.1) is 0 Å². The minimum atomic E-state index is -3.34. The summed E-state index contributed by atoms with van der Waals surface area (Å²) in [5.74, 6) is 0. The lowest BCUT2D eigenvalue weighted by Gasteiger charge is -2.04. The Hall–Kier alpha value is -1.13. The normalized spacial score (nSPS) is 14.0. The molecule has 0 saturated carbocycles. The lowest BCUT2D eigenvalue weighted by Crippen LogP contribution is -2.16. The second-order valence-corrected chi connectivity index (χ2v) is 5.83. The summed E-state index contributed by atoms with van der Waals surface area (Å²) in [6.45, 7) is 2.08. The van der Waals surface area contributed by atoms with E-state index >= 15 is 0 Å². The summed E-state index contributed by atoms with van der Waals surface area (Å²) in [5.41, 5.74) is 5.79. The molecule has 1 aromatic carbocycles. The first-order valence-corrected chi connectivity index (χ1v) is 7.35. The van der Waals surface area contributed by atoms with Gasteiger partial charge in [0.15, 0.2) is 9.84 Å². The van der Waals surface area contributed by atoms with Crippen molar-refractivity contribution in [2.75, 3.05) is 0 Å². The van der Waals surface area contributed by atoms with Crippen LogP contribution in [0.4, 0.5) is 0 Å². The fraction of sp³-hybridized carbons (Fsp3) is 0.385. The van der Waals surface area contributed by atoms with E-state index in [1.165, 1.54) is 5.41 Å². The number of hydrogen-bond donors (Lipinski definition) is 1. The highest BCUT2D eigenvalue weighted by Gasteiger charge is 2.09. The molecule has 0 bridgehead atoms. The van der Waals surface area contributed by atoms with Crippen molar-refractivity contribution in [3.63, 3.8) is 0 Å². The maximum atomic E-state index is 11.9. The molecule has 0 aliphatic rings. The van der Waals surface area contributed by atoms with Gasteiger partial charge >= 0.3 is 0 Å². The zero-order valence-electron chi connectivity index (χ0n) is 10.0. The quantitative estimate of drug-likeness (QED) is 0.847. The van der Waals surface area contributed by atoms with Crippen molar-refractivity contribution < 1.29 is 8.42 Å². The summed E-state index contributed by atoms with van der Waals surface area (Å²) in [7, 11) is -3.34. The molecule has 1 atom stereocenters. The molecule has 4 heteroatoms. The maximum absolute atomic E-state index is 11.9. The van der Waals surface area contributed by atoms with E-state index in [9.17, 15) is 8.42 Å². The van der Waals surface area contributed by atoms with Crippen molar-refractivity contribution in [2.45, 2.75) is 37.1 Å². The summed E-state index contributed by atoms with van der Waals surface area (Å²) in [6, 6.07) is 8.17. The molecule has 2 N–H and O–H groups in total. The van der Waals surface area contributed by atoms with Gasteiger partial charge in [-0.1, -0.05) is 44.0 Å². The van der Waals surface area contributed by atoms with Gasteiger partial charge < -0.3 is 5.73 Å². The van der Waals surface area contributed by atoms with Gasteiger partial charge in [-0.2, -0.15) is 0 Å². The van der Waals surface area contributed by atoms with Gasteiger partial charge in [0.1, 0.15) is 0 Å². The molecular formula is C13H19NO2S. The van der Waals surface area contributed by atoms with Gasteiger partial charge in [-0.3, -0.25) is 0 Å². The van der Waals surface area contributed by atoms with Crippen molar-refractivity contribution in [1.82, 2.24) is 0 Å². The third-order valence-corrected chi connectivity index (χ3v) is 3.91. The molecule has 0 amide bonds. The topological polar surface area (TPSA) is 60.2 Å². The van der Waals surface area contributed by atoms with Crippen LogP contribution in [-0.2, 0) is 9.84 Å². The van der Waals surface area contributed by atoms with E-state index in [-0.39, 0.29) is 6.04 Å². The Morgan fingerprint density at radius 2 is 1.94 bits per heavy atom. The smallest absolute Gasteiger partial charge is 0.199 e. The lowest BCUT2D eigenvalue weighted by molar-refractivity contribution is 0.603. The number of nitrogens with two attached hydrogens (primary N) is 1. The molecule has 3 nitrogen and oxygen atoms in total. The summed E-state index contributed by atoms with van der Waals surface area (Å²) in [4.78, 5) is 0.305. The standard InChI is InChI=1S/C13H19NO2S/c1-2-3-7-12(14)10-11-17(15,16)13-8-5-4-6-9-13/h4-6,8-12H,2-3,7,14H2,1H3. The molecule has 1 aromatic rings. The van der Waals surface area contributed by atoms with Crippen LogP contribution in [-0.4, -0.2) is 14.5 Å². The van der Waals surface area contributed by atoms with Gasteiger partial charge in [0.2, 0.25) is 0 Å². The third-order valence-electron chi connectivity index (χ3n) is 2.47. The van der Waals surface area contributed by atoms with Gasteiger partial charge in [-0.25, -0.2) is 8.42 Å². The van der Waals surface area contributed by atoms with Crippen LogP contribution in [0.3, 0.4) is 0 Å². The minimum absolute atomic E-state index is 0.187. The second-order valence-electron chi connectivity index (χ2n) is 3.99. The first kappa shape index (κ1) is 13.9. The highest BCUT2D eigenvalue weighted by atomic mass is 32.2. The van der Waals surface area contributed by atoms with Crippen LogP contribution in [0.5, 0.6) is 0 Å². The largest absolute Gasteiger partial charge is 0.324 e. The predicted octanol–water partition coefficient (Wildman–Crippen LogP) is 2.49. The average molecular weight is 253 g/mol. The average Bonchev–Trinajstić information content (AvgIpc) is 2.35. The van der Waals surface area contributed by atoms with Crippen LogP contribution < -0.4 is 5.73 Å². The van der Waals surface area contributed by atoms with E-state index in [0.29, 0.717) is 4.90 Å². The fourth-order valence-corrected chi connectivity index (χ4v) is 2.53. The molecule has 0 aliphatic carbocycles. The number of sulfone groups is 1. The van der Waals surface area contributed by atoms with Crippen molar-refractivity contribution in [2.24, 2.45) is 5.73 Å². The number of hydrogen-bond acceptors (Lipinski definition) is 3. The summed E-state index contributed by atoms with van der Waals surface area (Å²) in [5, 5.41) is 1.21. The molecular weight excluding hydrogens is 234 g/mol. The van der Waals surface area contributed by atoms with Crippen LogP contribution in [0.2, 0.25) is 0 Å². The highest BCUT2D eigenvalue weighted by Crippen LogP contribution is 2.11. The van der Waals surface area contributed by atoms with Crippen molar-refractivity contribution in [3.8, 4) is 0 Å². The van der Waals surface area contributed by atoms with Crippen molar-refractivity contribution in [1.29, 1.82) is 0 Å². The van der Waals surface area contributed by atoms with Crippen LogP contribution in [0.15, 0.2) is 46.7 Å². The highest BCUT2D eigenvalue weighted by molar-refractivity contribution is 7.94. The zero-order chi connectivity index (χ0) is 12.7. The summed E-state index contributed by atoms with van der Waals surface area (Å²) in [6.07, 6.45) is 4.46. The lowest BCUT2D eigenvalue weighted by atomic mass is 10.1. The van der Waals surface area contributed by atoms with Gasteiger partial charge in [0, 0.05) is 11.4 Å². The summed E-state index contributed by atoms with van der Waals surface area (Å²) >= 11 is 0. The Morgan fingerprint density at radius 3 is 2.53 bits per heavy atom. The monoisotopic (exact) mass is 253 g/mol. The third kappa shape index (κ3) is 4.71. The molecule has 0 aromatic heterocycles. The van der Waals surface area contributed by atoms with Gasteiger partial charge in [0.25, 0.3) is 0 Å². The molecule has 17 heavy (non-hydrogen) atoms. The van der Waals surface area contributed by atoms with Gasteiger partial charge in [-0.05, 0) is 18.6 Å². The zero-order valence-corrected chi connectivity index (χ0v) is 10.9. The number of rotatable bonds is 6. The fourth-order valence-electron chi connectivity index (χ4n) is 1.43. The molecule has 1 rings (SSSR count). The SMILES string of the molecule is CCCCC(N)C=CS(=O)(=O)c1ccccc1. The van der Waals surface area contributed by atoms with E-state index < -0.39 is 9.84 Å². The molecule has 0 heterocycles. The van der Waals surface area contributed by atoms with E-state index in [2.05, 4.69) is 6.92 Å².